The molecule has 0 aliphatic carbocycles. The molecule has 1 aliphatic heterocycles. The van der Waals surface area contributed by atoms with Crippen LogP contribution in [-0.2, 0) is 4.52 Å². The van der Waals surface area contributed by atoms with E-state index in [9.17, 15) is 0 Å². The van der Waals surface area contributed by atoms with Crippen LogP contribution in [-0.4, -0.2) is 12.8 Å². The van der Waals surface area contributed by atoms with Gasteiger partial charge in [0.2, 0.25) is 0 Å². The van der Waals surface area contributed by atoms with Crippen molar-refractivity contribution in [1.29, 1.82) is 0 Å². The lowest BCUT2D eigenvalue weighted by atomic mass is 9.92. The van der Waals surface area contributed by atoms with Crippen LogP contribution in [0.5, 0.6) is 0 Å². The molecule has 1 aromatic carbocycles. The molecule has 1 aromatic rings. The molecule has 1 nitrogen and oxygen atoms in total. The normalized spacial score (nSPS) is 18.8. The van der Waals surface area contributed by atoms with Gasteiger partial charge in [-0.25, -0.2) is 0 Å². The summed E-state index contributed by atoms with van der Waals surface area (Å²) in [7, 11) is 0.768. The molecule has 2 heteroatoms. The van der Waals surface area contributed by atoms with E-state index >= 15 is 0 Å². The predicted molar refractivity (Wildman–Crippen MR) is 75.3 cm³/mol. The second-order valence-electron chi connectivity index (χ2n) is 4.25. The van der Waals surface area contributed by atoms with Gasteiger partial charge in [-0.1, -0.05) is 64.1 Å². The van der Waals surface area contributed by atoms with E-state index in [0.717, 1.165) is 15.4 Å². The van der Waals surface area contributed by atoms with Crippen LogP contribution in [0.1, 0.15) is 34.1 Å². The van der Waals surface area contributed by atoms with Gasteiger partial charge in [0.15, 0.2) is 0 Å². The Morgan fingerprint density at radius 1 is 0.938 bits per heavy atom. The lowest BCUT2D eigenvalue weighted by Crippen LogP contribution is -2.21. The van der Waals surface area contributed by atoms with Gasteiger partial charge in [0.05, 0.1) is 6.61 Å². The van der Waals surface area contributed by atoms with Crippen LogP contribution in [0, 0.1) is 5.41 Å². The second kappa shape index (κ2) is 9.81. The Bertz CT molecular complexity index is 199. The zero-order chi connectivity index (χ0) is 12.3. The third-order valence-electron chi connectivity index (χ3n) is 2.14. The molecule has 16 heavy (non-hydrogen) atoms. The average molecular weight is 240 g/mol. The minimum absolute atomic E-state index is 0.464. The lowest BCUT2D eigenvalue weighted by Gasteiger charge is -2.28. The van der Waals surface area contributed by atoms with Gasteiger partial charge in [0, 0.05) is 8.81 Å². The summed E-state index contributed by atoms with van der Waals surface area (Å²) >= 11 is 0. The van der Waals surface area contributed by atoms with Crippen LogP contribution in [0.25, 0.3) is 0 Å². The maximum absolute atomic E-state index is 5.31. The molecule has 1 atom stereocenters. The van der Waals surface area contributed by atoms with Crippen molar-refractivity contribution in [3.05, 3.63) is 36.4 Å². The Balaban J connectivity index is 0.000000251. The summed E-state index contributed by atoms with van der Waals surface area (Å²) in [6, 6.07) is 12.0. The molecule has 0 saturated carbocycles. The molecule has 0 aromatic heterocycles. The molecule has 0 bridgehead atoms. The van der Waals surface area contributed by atoms with Gasteiger partial charge >= 0.3 is 0 Å². The predicted octanol–water partition coefficient (Wildman–Crippen LogP) is 4.74. The molecule has 1 saturated heterocycles. The molecule has 1 unspecified atom stereocenters. The Hall–Kier alpha value is -0.390. The summed E-state index contributed by atoms with van der Waals surface area (Å²) < 4.78 is 5.31. The highest BCUT2D eigenvalue weighted by Gasteiger charge is 2.20. The van der Waals surface area contributed by atoms with Crippen molar-refractivity contribution in [3.63, 3.8) is 0 Å². The summed E-state index contributed by atoms with van der Waals surface area (Å²) in [6.07, 6.45) is 2.61. The van der Waals surface area contributed by atoms with Crippen molar-refractivity contribution >= 4 is 8.81 Å². The largest absolute Gasteiger partial charge is 0.362 e. The van der Waals surface area contributed by atoms with Crippen LogP contribution >= 0.6 is 8.81 Å². The SMILES string of the molecule is CC.CC1(C)CCPOC1.c1ccccc1. The zero-order valence-corrected chi connectivity index (χ0v) is 12.0. The Kier molecular flexibility index (Phi) is 9.57. The number of benzene rings is 1. The molecule has 2 rings (SSSR count). The first-order chi connectivity index (χ1) is 7.71. The van der Waals surface area contributed by atoms with E-state index in [1.165, 1.54) is 12.6 Å². The molecule has 1 heterocycles. The van der Waals surface area contributed by atoms with E-state index in [2.05, 4.69) is 13.8 Å². The standard InChI is InChI=1S/C6H13OP.C6H6.C2H6/c1-6(2)3-4-8-7-5-6;1-2-4-6-5-3-1;1-2/h8H,3-5H2,1-2H3;1-6H;1-2H3. The first-order valence-corrected chi connectivity index (χ1v) is 7.17. The van der Waals surface area contributed by atoms with Crippen LogP contribution in [0.15, 0.2) is 36.4 Å². The Morgan fingerprint density at radius 3 is 1.56 bits per heavy atom. The van der Waals surface area contributed by atoms with E-state index in [1.54, 1.807) is 0 Å². The highest BCUT2D eigenvalue weighted by Crippen LogP contribution is 2.33. The van der Waals surface area contributed by atoms with Gasteiger partial charge in [-0.2, -0.15) is 0 Å². The first kappa shape index (κ1) is 15.6. The fraction of sp³-hybridized carbons (Fsp3) is 0.571. The molecule has 0 radical (unpaired) electrons. The van der Waals surface area contributed by atoms with Crippen molar-refractivity contribution in [2.45, 2.75) is 34.1 Å². The van der Waals surface area contributed by atoms with Crippen LogP contribution in [0.4, 0.5) is 0 Å². The summed E-state index contributed by atoms with van der Waals surface area (Å²) in [6.45, 7) is 9.48. The fourth-order valence-corrected chi connectivity index (χ4v) is 2.58. The highest BCUT2D eigenvalue weighted by molar-refractivity contribution is 7.32. The topological polar surface area (TPSA) is 9.23 Å². The lowest BCUT2D eigenvalue weighted by molar-refractivity contribution is 0.177. The zero-order valence-electron chi connectivity index (χ0n) is 11.0. The Morgan fingerprint density at radius 2 is 1.38 bits per heavy atom. The monoisotopic (exact) mass is 240 g/mol. The summed E-state index contributed by atoms with van der Waals surface area (Å²) in [5, 5.41) is 0. The highest BCUT2D eigenvalue weighted by atomic mass is 31.1. The maximum Gasteiger partial charge on any atom is 0.0556 e. The van der Waals surface area contributed by atoms with E-state index < -0.39 is 0 Å². The van der Waals surface area contributed by atoms with Crippen molar-refractivity contribution < 1.29 is 4.52 Å². The van der Waals surface area contributed by atoms with Crippen molar-refractivity contribution in [1.82, 2.24) is 0 Å². The van der Waals surface area contributed by atoms with E-state index in [0.29, 0.717) is 5.41 Å². The minimum atomic E-state index is 0.464. The third-order valence-corrected chi connectivity index (χ3v) is 2.94. The van der Waals surface area contributed by atoms with Gasteiger partial charge in [0.25, 0.3) is 0 Å². The average Bonchev–Trinajstić information content (AvgIpc) is 2.34. The van der Waals surface area contributed by atoms with Crippen molar-refractivity contribution in [2.24, 2.45) is 5.41 Å². The minimum Gasteiger partial charge on any atom is -0.362 e. The van der Waals surface area contributed by atoms with E-state index in [1.807, 2.05) is 50.2 Å². The quantitative estimate of drug-likeness (QED) is 0.595. The molecular formula is C14H25OP. The summed E-state index contributed by atoms with van der Waals surface area (Å²) in [5.41, 5.74) is 0.464. The van der Waals surface area contributed by atoms with E-state index in [-0.39, 0.29) is 0 Å². The molecule has 0 amide bonds. The van der Waals surface area contributed by atoms with Gasteiger partial charge in [-0.3, -0.25) is 0 Å². The fourth-order valence-electron chi connectivity index (χ4n) is 1.17. The molecule has 92 valence electrons. The first-order valence-electron chi connectivity index (χ1n) is 6.05. The van der Waals surface area contributed by atoms with E-state index in [4.69, 9.17) is 4.52 Å². The number of hydrogen-bond donors (Lipinski definition) is 0. The van der Waals surface area contributed by atoms with Crippen LogP contribution in [0.2, 0.25) is 0 Å². The molecule has 0 N–H and O–H groups in total. The summed E-state index contributed by atoms with van der Waals surface area (Å²) in [5.74, 6) is 0. The number of hydrogen-bond acceptors (Lipinski definition) is 1. The van der Waals surface area contributed by atoms with Crippen LogP contribution in [0.3, 0.4) is 0 Å². The van der Waals surface area contributed by atoms with Crippen molar-refractivity contribution in [3.8, 4) is 0 Å². The molecular weight excluding hydrogens is 215 g/mol. The maximum atomic E-state index is 5.31. The van der Waals surface area contributed by atoms with Gasteiger partial charge in [-0.15, -0.1) is 0 Å². The smallest absolute Gasteiger partial charge is 0.0556 e. The molecule has 0 spiro atoms. The number of rotatable bonds is 0. The van der Waals surface area contributed by atoms with Crippen molar-refractivity contribution in [2.75, 3.05) is 12.8 Å². The van der Waals surface area contributed by atoms with Gasteiger partial charge in [-0.05, 0) is 18.0 Å². The summed E-state index contributed by atoms with van der Waals surface area (Å²) in [4.78, 5) is 0. The molecule has 1 fully saturated rings. The second-order valence-corrected chi connectivity index (χ2v) is 5.33. The van der Waals surface area contributed by atoms with Gasteiger partial charge < -0.3 is 4.52 Å². The van der Waals surface area contributed by atoms with Gasteiger partial charge in [0.1, 0.15) is 0 Å². The van der Waals surface area contributed by atoms with Crippen LogP contribution < -0.4 is 0 Å². The molecule has 1 aliphatic rings. The Labute approximate surface area is 102 Å². The third kappa shape index (κ3) is 8.88.